The van der Waals surface area contributed by atoms with Crippen molar-refractivity contribution in [3.8, 4) is 6.07 Å². The lowest BCUT2D eigenvalue weighted by Crippen LogP contribution is -2.36. The predicted octanol–water partition coefficient (Wildman–Crippen LogP) is 1.52. The molecule has 1 aromatic rings. The largest absolute Gasteiger partial charge is 0.324 e. The van der Waals surface area contributed by atoms with Crippen LogP contribution in [0, 0.1) is 11.3 Å². The Morgan fingerprint density at radius 3 is 2.81 bits per heavy atom. The van der Waals surface area contributed by atoms with Crippen molar-refractivity contribution in [2.24, 2.45) is 0 Å². The summed E-state index contributed by atoms with van der Waals surface area (Å²) in [5.41, 5.74) is 1.07. The standard InChI is InChI=1S/C16H22N4O/c1-19(10-11-20-8-4-5-9-20)13-16(21)18-15-7-3-2-6-14(15)12-17/h2-3,6-7H,4-5,8-11,13H2,1H3,(H,18,21). The van der Waals surface area contributed by atoms with Gasteiger partial charge in [0.25, 0.3) is 0 Å². The van der Waals surface area contributed by atoms with E-state index in [0.29, 0.717) is 17.8 Å². The molecule has 1 N–H and O–H groups in total. The zero-order valence-electron chi connectivity index (χ0n) is 12.5. The SMILES string of the molecule is CN(CCN1CCCC1)CC(=O)Nc1ccccc1C#N. The van der Waals surface area contributed by atoms with E-state index in [0.717, 1.165) is 13.1 Å². The lowest BCUT2D eigenvalue weighted by molar-refractivity contribution is -0.117. The first kappa shape index (κ1) is 15.5. The number of hydrogen-bond acceptors (Lipinski definition) is 4. The van der Waals surface area contributed by atoms with Crippen LogP contribution in [0.3, 0.4) is 0 Å². The molecule has 1 saturated heterocycles. The van der Waals surface area contributed by atoms with E-state index >= 15 is 0 Å². The second-order valence-electron chi connectivity index (χ2n) is 5.49. The molecule has 21 heavy (non-hydrogen) atoms. The van der Waals surface area contributed by atoms with Crippen LogP contribution in [-0.4, -0.2) is 55.5 Å². The summed E-state index contributed by atoms with van der Waals surface area (Å²) in [4.78, 5) is 16.5. The molecule has 0 saturated carbocycles. The first-order valence-corrected chi connectivity index (χ1v) is 7.39. The number of amides is 1. The normalized spacial score (nSPS) is 15.1. The van der Waals surface area contributed by atoms with Gasteiger partial charge in [-0.25, -0.2) is 0 Å². The molecule has 0 aliphatic carbocycles. The van der Waals surface area contributed by atoms with Gasteiger partial charge in [-0.3, -0.25) is 9.69 Å². The zero-order chi connectivity index (χ0) is 15.1. The van der Waals surface area contributed by atoms with Crippen LogP contribution in [0.5, 0.6) is 0 Å². The molecular formula is C16H22N4O. The quantitative estimate of drug-likeness (QED) is 0.861. The van der Waals surface area contributed by atoms with Gasteiger partial charge in [-0.2, -0.15) is 5.26 Å². The Bertz CT molecular complexity index is 517. The van der Waals surface area contributed by atoms with Crippen molar-refractivity contribution in [3.05, 3.63) is 29.8 Å². The van der Waals surface area contributed by atoms with Gasteiger partial charge < -0.3 is 10.2 Å². The third-order valence-electron chi connectivity index (χ3n) is 3.73. The lowest BCUT2D eigenvalue weighted by atomic mass is 10.2. The Balaban J connectivity index is 1.77. The molecular weight excluding hydrogens is 264 g/mol. The Kier molecular flexibility index (Phi) is 5.73. The maximum Gasteiger partial charge on any atom is 0.238 e. The molecule has 0 aromatic heterocycles. The van der Waals surface area contributed by atoms with Crippen LogP contribution in [0.2, 0.25) is 0 Å². The smallest absolute Gasteiger partial charge is 0.238 e. The number of likely N-dealkylation sites (tertiary alicyclic amines) is 1. The van der Waals surface area contributed by atoms with Crippen molar-refractivity contribution in [1.82, 2.24) is 9.80 Å². The van der Waals surface area contributed by atoms with E-state index in [1.165, 1.54) is 25.9 Å². The van der Waals surface area contributed by atoms with E-state index in [-0.39, 0.29) is 5.91 Å². The Morgan fingerprint density at radius 1 is 1.38 bits per heavy atom. The summed E-state index contributed by atoms with van der Waals surface area (Å²) in [5.74, 6) is -0.0818. The number of nitriles is 1. The van der Waals surface area contributed by atoms with E-state index in [1.807, 2.05) is 18.0 Å². The second-order valence-corrected chi connectivity index (χ2v) is 5.49. The first-order chi connectivity index (χ1) is 10.2. The molecule has 0 spiro atoms. The highest BCUT2D eigenvalue weighted by molar-refractivity contribution is 5.93. The van der Waals surface area contributed by atoms with Crippen LogP contribution in [0.1, 0.15) is 18.4 Å². The van der Waals surface area contributed by atoms with Gasteiger partial charge in [0, 0.05) is 13.1 Å². The average Bonchev–Trinajstić information content (AvgIpc) is 2.99. The molecule has 1 aliphatic rings. The Labute approximate surface area is 126 Å². The number of likely N-dealkylation sites (N-methyl/N-ethyl adjacent to an activating group) is 1. The van der Waals surface area contributed by atoms with E-state index in [4.69, 9.17) is 5.26 Å². The van der Waals surface area contributed by atoms with Crippen molar-refractivity contribution in [3.63, 3.8) is 0 Å². The molecule has 2 rings (SSSR count). The van der Waals surface area contributed by atoms with E-state index in [2.05, 4.69) is 16.3 Å². The van der Waals surface area contributed by atoms with Gasteiger partial charge in [0.05, 0.1) is 17.8 Å². The molecule has 1 aliphatic heterocycles. The minimum Gasteiger partial charge on any atom is -0.324 e. The number of carbonyl (C=O) groups is 1. The van der Waals surface area contributed by atoms with Crippen molar-refractivity contribution < 1.29 is 4.79 Å². The van der Waals surface area contributed by atoms with Crippen LogP contribution in [-0.2, 0) is 4.79 Å². The molecule has 112 valence electrons. The fraction of sp³-hybridized carbons (Fsp3) is 0.500. The third-order valence-corrected chi connectivity index (χ3v) is 3.73. The monoisotopic (exact) mass is 286 g/mol. The molecule has 1 amide bonds. The van der Waals surface area contributed by atoms with E-state index in [1.54, 1.807) is 18.2 Å². The van der Waals surface area contributed by atoms with Gasteiger partial charge in [0.2, 0.25) is 5.91 Å². The molecule has 0 atom stereocenters. The first-order valence-electron chi connectivity index (χ1n) is 7.39. The van der Waals surface area contributed by atoms with Crippen LogP contribution in [0.4, 0.5) is 5.69 Å². The summed E-state index contributed by atoms with van der Waals surface area (Å²) in [6.07, 6.45) is 2.57. The summed E-state index contributed by atoms with van der Waals surface area (Å²) in [7, 11) is 1.95. The fourth-order valence-corrected chi connectivity index (χ4v) is 2.52. The summed E-state index contributed by atoms with van der Waals surface area (Å²) >= 11 is 0. The molecule has 1 heterocycles. The summed E-state index contributed by atoms with van der Waals surface area (Å²) in [6.45, 7) is 4.59. The lowest BCUT2D eigenvalue weighted by Gasteiger charge is -2.20. The minimum absolute atomic E-state index is 0.0818. The molecule has 5 nitrogen and oxygen atoms in total. The second kappa shape index (κ2) is 7.77. The highest BCUT2D eigenvalue weighted by Gasteiger charge is 2.13. The zero-order valence-corrected chi connectivity index (χ0v) is 12.5. The number of rotatable bonds is 6. The van der Waals surface area contributed by atoms with Gasteiger partial charge in [0.15, 0.2) is 0 Å². The van der Waals surface area contributed by atoms with Crippen molar-refractivity contribution in [2.45, 2.75) is 12.8 Å². The Hall–Kier alpha value is -1.90. The highest BCUT2D eigenvalue weighted by Crippen LogP contribution is 2.13. The minimum atomic E-state index is -0.0818. The summed E-state index contributed by atoms with van der Waals surface area (Å²) in [5, 5.41) is 11.8. The maximum absolute atomic E-state index is 12.0. The van der Waals surface area contributed by atoms with Crippen LogP contribution >= 0.6 is 0 Å². The van der Waals surface area contributed by atoms with Crippen LogP contribution < -0.4 is 5.32 Å². The van der Waals surface area contributed by atoms with Gasteiger partial charge in [-0.15, -0.1) is 0 Å². The van der Waals surface area contributed by atoms with E-state index < -0.39 is 0 Å². The highest BCUT2D eigenvalue weighted by atomic mass is 16.2. The van der Waals surface area contributed by atoms with Gasteiger partial charge in [0.1, 0.15) is 6.07 Å². The van der Waals surface area contributed by atoms with Gasteiger partial charge >= 0.3 is 0 Å². The number of nitrogens with zero attached hydrogens (tertiary/aromatic N) is 3. The summed E-state index contributed by atoms with van der Waals surface area (Å²) < 4.78 is 0. The van der Waals surface area contributed by atoms with Gasteiger partial charge in [-0.05, 0) is 45.1 Å². The predicted molar refractivity (Wildman–Crippen MR) is 83.0 cm³/mol. The molecule has 0 radical (unpaired) electrons. The summed E-state index contributed by atoms with van der Waals surface area (Å²) in [6, 6.07) is 9.13. The number of anilines is 1. The number of hydrogen-bond donors (Lipinski definition) is 1. The van der Waals surface area contributed by atoms with E-state index in [9.17, 15) is 4.79 Å². The number of carbonyl (C=O) groups excluding carboxylic acids is 1. The molecule has 0 unspecified atom stereocenters. The molecule has 0 bridgehead atoms. The number of benzene rings is 1. The maximum atomic E-state index is 12.0. The van der Waals surface area contributed by atoms with Crippen LogP contribution in [0.15, 0.2) is 24.3 Å². The van der Waals surface area contributed by atoms with Gasteiger partial charge in [-0.1, -0.05) is 12.1 Å². The topological polar surface area (TPSA) is 59.4 Å². The van der Waals surface area contributed by atoms with Crippen LogP contribution in [0.25, 0.3) is 0 Å². The van der Waals surface area contributed by atoms with Crippen molar-refractivity contribution in [2.75, 3.05) is 45.1 Å². The average molecular weight is 286 g/mol. The molecule has 1 aromatic carbocycles. The third kappa shape index (κ3) is 4.85. The molecule has 1 fully saturated rings. The van der Waals surface area contributed by atoms with Crippen molar-refractivity contribution in [1.29, 1.82) is 5.26 Å². The number of para-hydroxylation sites is 1. The number of nitrogens with one attached hydrogen (secondary N) is 1. The Morgan fingerprint density at radius 2 is 2.10 bits per heavy atom. The van der Waals surface area contributed by atoms with Crippen molar-refractivity contribution >= 4 is 11.6 Å². The fourth-order valence-electron chi connectivity index (χ4n) is 2.52. The molecule has 5 heteroatoms.